The Morgan fingerprint density at radius 2 is 1.74 bits per heavy atom. The van der Waals surface area contributed by atoms with Crippen LogP contribution in [0.5, 0.6) is 0 Å². The number of sulfonamides is 1. The summed E-state index contributed by atoms with van der Waals surface area (Å²) in [5.74, 6) is 0. The summed E-state index contributed by atoms with van der Waals surface area (Å²) in [7, 11) is -3.46. The predicted molar refractivity (Wildman–Crippen MR) is 79.0 cm³/mol. The van der Waals surface area contributed by atoms with Crippen LogP contribution in [0.15, 0.2) is 29.2 Å². The van der Waals surface area contributed by atoms with Gasteiger partial charge in [0.2, 0.25) is 10.0 Å². The second-order valence-corrected chi connectivity index (χ2v) is 6.79. The zero-order valence-electron chi connectivity index (χ0n) is 11.1. The van der Waals surface area contributed by atoms with E-state index in [0.29, 0.717) is 11.4 Å². The Morgan fingerprint density at radius 3 is 2.21 bits per heavy atom. The Bertz CT molecular complexity index is 508. The van der Waals surface area contributed by atoms with Gasteiger partial charge in [-0.3, -0.25) is 0 Å². The second kappa shape index (κ2) is 6.22. The van der Waals surface area contributed by atoms with Crippen molar-refractivity contribution >= 4 is 22.4 Å². The lowest BCUT2D eigenvalue weighted by Crippen LogP contribution is -2.51. The minimum absolute atomic E-state index is 0. The molecular weight excluding hydrogens is 284 g/mol. The molecule has 2 rings (SSSR count). The highest BCUT2D eigenvalue weighted by molar-refractivity contribution is 7.89. The quantitative estimate of drug-likeness (QED) is 0.893. The van der Waals surface area contributed by atoms with E-state index >= 15 is 0 Å². The molecule has 6 heteroatoms. The Morgan fingerprint density at radius 1 is 1.21 bits per heavy atom. The highest BCUT2D eigenvalue weighted by Crippen LogP contribution is 2.30. The van der Waals surface area contributed by atoms with Crippen LogP contribution in [0.3, 0.4) is 0 Å². The Hall–Kier alpha value is -0.620. The number of aryl methyl sites for hydroxylation is 1. The van der Waals surface area contributed by atoms with Gasteiger partial charge in [-0.05, 0) is 31.9 Å². The van der Waals surface area contributed by atoms with Crippen LogP contribution < -0.4 is 10.5 Å². The summed E-state index contributed by atoms with van der Waals surface area (Å²) in [6.07, 6.45) is 3.73. The average Bonchev–Trinajstić information content (AvgIpc) is 2.78. The first-order chi connectivity index (χ1) is 8.47. The molecule has 0 radical (unpaired) electrons. The zero-order valence-corrected chi connectivity index (χ0v) is 12.7. The maximum Gasteiger partial charge on any atom is 0.241 e. The Kier molecular flexibility index (Phi) is 5.38. The minimum atomic E-state index is -3.46. The van der Waals surface area contributed by atoms with E-state index in [1.165, 1.54) is 0 Å². The van der Waals surface area contributed by atoms with Gasteiger partial charge in [0.25, 0.3) is 0 Å². The largest absolute Gasteiger partial charge is 0.329 e. The van der Waals surface area contributed by atoms with Gasteiger partial charge in [0.1, 0.15) is 0 Å². The minimum Gasteiger partial charge on any atom is -0.329 e. The maximum atomic E-state index is 12.3. The van der Waals surface area contributed by atoms with Gasteiger partial charge >= 0.3 is 0 Å². The van der Waals surface area contributed by atoms with Crippen molar-refractivity contribution in [3.8, 4) is 0 Å². The van der Waals surface area contributed by atoms with Gasteiger partial charge in [0.15, 0.2) is 0 Å². The van der Waals surface area contributed by atoms with Crippen LogP contribution in [0.2, 0.25) is 0 Å². The molecule has 0 saturated heterocycles. The van der Waals surface area contributed by atoms with Gasteiger partial charge in [0, 0.05) is 12.1 Å². The highest BCUT2D eigenvalue weighted by atomic mass is 35.5. The molecule has 0 atom stereocenters. The molecule has 1 aromatic rings. The van der Waals surface area contributed by atoms with Gasteiger partial charge in [0.05, 0.1) is 4.90 Å². The molecule has 1 aliphatic rings. The Labute approximate surface area is 121 Å². The van der Waals surface area contributed by atoms with E-state index in [1.807, 2.05) is 6.92 Å². The summed E-state index contributed by atoms with van der Waals surface area (Å²) in [5, 5.41) is 0. The van der Waals surface area contributed by atoms with Crippen molar-refractivity contribution in [3.05, 3.63) is 29.8 Å². The molecule has 0 aliphatic heterocycles. The third-order valence-electron chi connectivity index (χ3n) is 3.63. The Balaban J connectivity index is 0.00000180. The lowest BCUT2D eigenvalue weighted by molar-refractivity contribution is 0.399. The van der Waals surface area contributed by atoms with Crippen LogP contribution in [0.1, 0.15) is 31.2 Å². The van der Waals surface area contributed by atoms with Crippen molar-refractivity contribution in [2.45, 2.75) is 43.0 Å². The van der Waals surface area contributed by atoms with E-state index in [-0.39, 0.29) is 12.4 Å². The second-order valence-electron chi connectivity index (χ2n) is 5.11. The van der Waals surface area contributed by atoms with E-state index in [9.17, 15) is 8.42 Å². The van der Waals surface area contributed by atoms with Crippen molar-refractivity contribution in [3.63, 3.8) is 0 Å². The third kappa shape index (κ3) is 3.69. The zero-order chi connectivity index (χ0) is 13.2. The SMILES string of the molecule is Cc1ccc(S(=O)(=O)NC2(CN)CCCC2)cc1.Cl. The number of nitrogens with one attached hydrogen (secondary N) is 1. The topological polar surface area (TPSA) is 72.2 Å². The van der Waals surface area contributed by atoms with Crippen LogP contribution in [0, 0.1) is 6.92 Å². The van der Waals surface area contributed by atoms with Crippen molar-refractivity contribution in [2.24, 2.45) is 5.73 Å². The summed E-state index contributed by atoms with van der Waals surface area (Å²) in [4.78, 5) is 0.313. The van der Waals surface area contributed by atoms with Crippen molar-refractivity contribution < 1.29 is 8.42 Å². The third-order valence-corrected chi connectivity index (χ3v) is 5.23. The smallest absolute Gasteiger partial charge is 0.241 e. The van der Waals surface area contributed by atoms with Gasteiger partial charge in [-0.15, -0.1) is 12.4 Å². The first-order valence-corrected chi connectivity index (χ1v) is 7.77. The number of rotatable bonds is 4. The van der Waals surface area contributed by atoms with Gasteiger partial charge < -0.3 is 5.73 Å². The number of halogens is 1. The van der Waals surface area contributed by atoms with E-state index < -0.39 is 15.6 Å². The predicted octanol–water partition coefficient (Wildman–Crippen LogP) is 1.97. The van der Waals surface area contributed by atoms with Crippen LogP contribution in [-0.2, 0) is 10.0 Å². The highest BCUT2D eigenvalue weighted by Gasteiger charge is 2.36. The monoisotopic (exact) mass is 304 g/mol. The van der Waals surface area contributed by atoms with Gasteiger partial charge in [-0.1, -0.05) is 30.5 Å². The van der Waals surface area contributed by atoms with E-state index in [0.717, 1.165) is 31.2 Å². The molecule has 1 aromatic carbocycles. The fourth-order valence-corrected chi connectivity index (χ4v) is 3.93. The molecule has 19 heavy (non-hydrogen) atoms. The summed E-state index contributed by atoms with van der Waals surface area (Å²) >= 11 is 0. The maximum absolute atomic E-state index is 12.3. The molecule has 0 unspecified atom stereocenters. The lowest BCUT2D eigenvalue weighted by atomic mass is 10.0. The first-order valence-electron chi connectivity index (χ1n) is 6.28. The standard InChI is InChI=1S/C13H20N2O2S.ClH/c1-11-4-6-12(7-5-11)18(16,17)15-13(10-14)8-2-3-9-13;/h4-7,15H,2-3,8-10,14H2,1H3;1H. The number of nitrogens with two attached hydrogens (primary N) is 1. The van der Waals surface area contributed by atoms with Crippen molar-refractivity contribution in [1.82, 2.24) is 4.72 Å². The average molecular weight is 305 g/mol. The number of hydrogen-bond donors (Lipinski definition) is 2. The summed E-state index contributed by atoms with van der Waals surface area (Å²) in [6.45, 7) is 2.29. The van der Waals surface area contributed by atoms with Crippen LogP contribution in [-0.4, -0.2) is 20.5 Å². The number of benzene rings is 1. The summed E-state index contributed by atoms with van der Waals surface area (Å²) in [6, 6.07) is 6.88. The van der Waals surface area contributed by atoms with Crippen molar-refractivity contribution in [2.75, 3.05) is 6.54 Å². The molecule has 0 heterocycles. The lowest BCUT2D eigenvalue weighted by Gasteiger charge is -2.28. The normalized spacial score (nSPS) is 18.0. The van der Waals surface area contributed by atoms with E-state index in [4.69, 9.17) is 5.73 Å². The number of hydrogen-bond acceptors (Lipinski definition) is 3. The molecular formula is C13H21ClN2O2S. The molecule has 0 spiro atoms. The molecule has 4 nitrogen and oxygen atoms in total. The van der Waals surface area contributed by atoms with Crippen LogP contribution in [0.25, 0.3) is 0 Å². The van der Waals surface area contributed by atoms with E-state index in [2.05, 4.69) is 4.72 Å². The molecule has 1 aliphatic carbocycles. The van der Waals surface area contributed by atoms with E-state index in [1.54, 1.807) is 24.3 Å². The molecule has 0 aromatic heterocycles. The molecule has 1 saturated carbocycles. The summed E-state index contributed by atoms with van der Waals surface area (Å²) < 4.78 is 27.4. The van der Waals surface area contributed by atoms with Gasteiger partial charge in [-0.25, -0.2) is 13.1 Å². The van der Waals surface area contributed by atoms with Crippen molar-refractivity contribution in [1.29, 1.82) is 0 Å². The molecule has 1 fully saturated rings. The molecule has 108 valence electrons. The van der Waals surface area contributed by atoms with Crippen LogP contribution >= 0.6 is 12.4 Å². The summed E-state index contributed by atoms with van der Waals surface area (Å²) in [5.41, 5.74) is 6.36. The molecule has 0 bridgehead atoms. The van der Waals surface area contributed by atoms with Crippen LogP contribution in [0.4, 0.5) is 0 Å². The molecule has 3 N–H and O–H groups in total. The molecule has 0 amide bonds. The fourth-order valence-electron chi connectivity index (χ4n) is 2.46. The van der Waals surface area contributed by atoms with Gasteiger partial charge in [-0.2, -0.15) is 0 Å². The first kappa shape index (κ1) is 16.4. The fraction of sp³-hybridized carbons (Fsp3) is 0.538.